The van der Waals surface area contributed by atoms with Gasteiger partial charge in [-0.15, -0.1) is 0 Å². The molecule has 0 radical (unpaired) electrons. The van der Waals surface area contributed by atoms with Crippen molar-refractivity contribution in [2.24, 2.45) is 0 Å². The second-order valence-electron chi connectivity index (χ2n) is 4.97. The molecule has 1 aliphatic rings. The van der Waals surface area contributed by atoms with E-state index in [4.69, 9.17) is 0 Å². The first-order valence-corrected chi connectivity index (χ1v) is 7.10. The Morgan fingerprint density at radius 3 is 2.62 bits per heavy atom. The third-order valence-electron chi connectivity index (χ3n) is 3.60. The molecule has 7 nitrogen and oxygen atoms in total. The van der Waals surface area contributed by atoms with Gasteiger partial charge in [0.15, 0.2) is 0 Å². The predicted molar refractivity (Wildman–Crippen MR) is 81.6 cm³/mol. The lowest BCUT2D eigenvalue weighted by Crippen LogP contribution is -2.29. The topological polar surface area (TPSA) is 87.5 Å². The van der Waals surface area contributed by atoms with Crippen molar-refractivity contribution < 1.29 is 9.72 Å². The van der Waals surface area contributed by atoms with Crippen LogP contribution >= 0.6 is 0 Å². The average molecular weight is 292 g/mol. The van der Waals surface area contributed by atoms with Gasteiger partial charge in [-0.05, 0) is 25.0 Å². The van der Waals surface area contributed by atoms with E-state index >= 15 is 0 Å². The monoisotopic (exact) mass is 292 g/mol. The van der Waals surface area contributed by atoms with Crippen molar-refractivity contribution in [1.29, 1.82) is 0 Å². The molecule has 1 aliphatic heterocycles. The highest BCUT2D eigenvalue weighted by atomic mass is 16.6. The van der Waals surface area contributed by atoms with E-state index in [0.717, 1.165) is 25.9 Å². The number of hydrogen-bond donors (Lipinski definition) is 2. The first kappa shape index (κ1) is 15.1. The zero-order valence-corrected chi connectivity index (χ0v) is 12.1. The van der Waals surface area contributed by atoms with Crippen LogP contribution in [-0.2, 0) is 4.79 Å². The lowest BCUT2D eigenvalue weighted by Gasteiger charge is -2.15. The van der Waals surface area contributed by atoms with Crippen LogP contribution in [0, 0.1) is 10.1 Å². The normalized spacial score (nSPS) is 14.0. The summed E-state index contributed by atoms with van der Waals surface area (Å²) in [5.74, 6) is 0.104. The lowest BCUT2D eigenvalue weighted by molar-refractivity contribution is -0.383. The van der Waals surface area contributed by atoms with Crippen molar-refractivity contribution in [2.75, 3.05) is 37.3 Å². The summed E-state index contributed by atoms with van der Waals surface area (Å²) in [7, 11) is 1.64. The van der Waals surface area contributed by atoms with Crippen LogP contribution in [0.25, 0.3) is 0 Å². The van der Waals surface area contributed by atoms with Crippen LogP contribution in [-0.4, -0.2) is 42.4 Å². The Kier molecular flexibility index (Phi) is 4.97. The maximum atomic E-state index is 11.9. The van der Waals surface area contributed by atoms with Gasteiger partial charge in [0.1, 0.15) is 11.4 Å². The minimum Gasteiger partial charge on any atom is -0.382 e. The van der Waals surface area contributed by atoms with Gasteiger partial charge in [0.05, 0.1) is 4.92 Å². The number of nitro groups is 1. The van der Waals surface area contributed by atoms with Gasteiger partial charge in [-0.25, -0.2) is 0 Å². The third kappa shape index (κ3) is 3.62. The Hall–Kier alpha value is -2.31. The number of likely N-dealkylation sites (tertiary alicyclic amines) is 1. The summed E-state index contributed by atoms with van der Waals surface area (Å²) >= 11 is 0. The maximum Gasteiger partial charge on any atom is 0.315 e. The number of nitrogens with zero attached hydrogens (tertiary/aromatic N) is 2. The Bertz CT molecular complexity index is 527. The van der Waals surface area contributed by atoms with Gasteiger partial charge in [-0.2, -0.15) is 0 Å². The summed E-state index contributed by atoms with van der Waals surface area (Å²) in [4.78, 5) is 24.5. The summed E-state index contributed by atoms with van der Waals surface area (Å²) in [6, 6.07) is 5.04. The largest absolute Gasteiger partial charge is 0.382 e. The smallest absolute Gasteiger partial charge is 0.315 e. The number of carbonyl (C=O) groups is 1. The van der Waals surface area contributed by atoms with Gasteiger partial charge in [0, 0.05) is 33.1 Å². The highest BCUT2D eigenvalue weighted by Gasteiger charge is 2.20. The zero-order valence-electron chi connectivity index (χ0n) is 12.1. The molecule has 1 aromatic rings. The second kappa shape index (κ2) is 6.92. The van der Waals surface area contributed by atoms with Crippen LogP contribution in [0.1, 0.15) is 19.3 Å². The predicted octanol–water partition coefficient (Wildman–Crippen LogP) is 2.06. The van der Waals surface area contributed by atoms with Gasteiger partial charge in [0.2, 0.25) is 5.91 Å². The van der Waals surface area contributed by atoms with Gasteiger partial charge < -0.3 is 15.5 Å². The van der Waals surface area contributed by atoms with E-state index in [2.05, 4.69) is 10.6 Å². The molecule has 1 heterocycles. The summed E-state index contributed by atoms with van der Waals surface area (Å²) < 4.78 is 0. The molecule has 7 heteroatoms. The molecule has 2 N–H and O–H groups in total. The molecule has 0 unspecified atom stereocenters. The summed E-state index contributed by atoms with van der Waals surface area (Å²) in [6.07, 6.45) is 2.48. The second-order valence-corrected chi connectivity index (χ2v) is 4.97. The minimum absolute atomic E-state index is 0.00798. The van der Waals surface area contributed by atoms with Crippen molar-refractivity contribution in [3.8, 4) is 0 Å². The summed E-state index contributed by atoms with van der Waals surface area (Å²) in [5, 5.41) is 17.0. The van der Waals surface area contributed by atoms with E-state index in [1.807, 2.05) is 4.90 Å². The third-order valence-corrected chi connectivity index (χ3v) is 3.60. The van der Waals surface area contributed by atoms with Crippen molar-refractivity contribution in [2.45, 2.75) is 19.3 Å². The number of benzene rings is 1. The van der Waals surface area contributed by atoms with Crippen molar-refractivity contribution >= 4 is 23.0 Å². The molecular weight excluding hydrogens is 272 g/mol. The molecule has 21 heavy (non-hydrogen) atoms. The van der Waals surface area contributed by atoms with Gasteiger partial charge >= 0.3 is 5.69 Å². The van der Waals surface area contributed by atoms with Crippen LogP contribution < -0.4 is 10.6 Å². The zero-order chi connectivity index (χ0) is 15.2. The number of amides is 1. The molecule has 0 aromatic heterocycles. The molecule has 0 aliphatic carbocycles. The molecule has 0 saturated carbocycles. The molecule has 0 bridgehead atoms. The van der Waals surface area contributed by atoms with E-state index in [1.165, 1.54) is 0 Å². The minimum atomic E-state index is -0.420. The van der Waals surface area contributed by atoms with Gasteiger partial charge in [-0.3, -0.25) is 14.9 Å². The van der Waals surface area contributed by atoms with Crippen molar-refractivity contribution in [3.63, 3.8) is 0 Å². The van der Waals surface area contributed by atoms with E-state index in [9.17, 15) is 14.9 Å². The van der Waals surface area contributed by atoms with Crippen LogP contribution in [0.2, 0.25) is 0 Å². The number of carbonyl (C=O) groups excluding carboxylic acids is 1. The van der Waals surface area contributed by atoms with Crippen LogP contribution in [0.3, 0.4) is 0 Å². The molecule has 0 atom stereocenters. The SMILES string of the molecule is CNc1cccc(NCCC(=O)N2CCCC2)c1[N+](=O)[O-]. The number of nitrogens with one attached hydrogen (secondary N) is 2. The van der Waals surface area contributed by atoms with E-state index < -0.39 is 4.92 Å². The Morgan fingerprint density at radius 1 is 1.33 bits per heavy atom. The number of anilines is 2. The number of hydrogen-bond acceptors (Lipinski definition) is 5. The maximum absolute atomic E-state index is 11.9. The van der Waals surface area contributed by atoms with Crippen LogP contribution in [0.5, 0.6) is 0 Å². The first-order chi connectivity index (χ1) is 10.1. The Balaban J connectivity index is 1.96. The van der Waals surface area contributed by atoms with Crippen molar-refractivity contribution in [1.82, 2.24) is 4.90 Å². The molecule has 2 rings (SSSR count). The first-order valence-electron chi connectivity index (χ1n) is 7.10. The highest BCUT2D eigenvalue weighted by molar-refractivity contribution is 5.78. The molecule has 114 valence electrons. The quantitative estimate of drug-likeness (QED) is 0.619. The molecule has 1 aromatic carbocycles. The fourth-order valence-electron chi connectivity index (χ4n) is 2.51. The van der Waals surface area contributed by atoms with E-state index in [1.54, 1.807) is 25.2 Å². The fourth-order valence-corrected chi connectivity index (χ4v) is 2.51. The molecule has 1 saturated heterocycles. The average Bonchev–Trinajstić information content (AvgIpc) is 3.00. The van der Waals surface area contributed by atoms with Gasteiger partial charge in [-0.1, -0.05) is 6.07 Å². The van der Waals surface area contributed by atoms with Crippen molar-refractivity contribution in [3.05, 3.63) is 28.3 Å². The molecule has 1 fully saturated rings. The number of rotatable bonds is 6. The lowest BCUT2D eigenvalue weighted by atomic mass is 10.2. The van der Waals surface area contributed by atoms with E-state index in [0.29, 0.717) is 24.3 Å². The Morgan fingerprint density at radius 2 is 2.00 bits per heavy atom. The standard InChI is InChI=1S/C14H20N4O3/c1-15-11-5-4-6-12(14(11)18(20)21)16-8-7-13(19)17-9-2-3-10-17/h4-6,15-16H,2-3,7-10H2,1H3. The van der Waals surface area contributed by atoms with E-state index in [-0.39, 0.29) is 11.6 Å². The summed E-state index contributed by atoms with van der Waals surface area (Å²) in [6.45, 7) is 2.05. The fraction of sp³-hybridized carbons (Fsp3) is 0.500. The molecular formula is C14H20N4O3. The highest BCUT2D eigenvalue weighted by Crippen LogP contribution is 2.32. The number of para-hydroxylation sites is 1. The molecule has 0 spiro atoms. The Labute approximate surface area is 123 Å². The van der Waals surface area contributed by atoms with Crippen LogP contribution in [0.15, 0.2) is 18.2 Å². The molecule has 1 amide bonds. The van der Waals surface area contributed by atoms with Crippen LogP contribution in [0.4, 0.5) is 17.1 Å². The van der Waals surface area contributed by atoms with Gasteiger partial charge in [0.25, 0.3) is 0 Å². The summed E-state index contributed by atoms with van der Waals surface area (Å²) in [5.41, 5.74) is 0.894. The number of nitro benzene ring substituents is 1.